The highest BCUT2D eigenvalue weighted by molar-refractivity contribution is 7.89. The number of aryl methyl sites for hydroxylation is 1. The topological polar surface area (TPSA) is 86.8 Å². The van der Waals surface area contributed by atoms with Crippen molar-refractivity contribution in [1.29, 1.82) is 0 Å². The maximum atomic E-state index is 13.2. The van der Waals surface area contributed by atoms with Crippen molar-refractivity contribution in [2.45, 2.75) is 37.8 Å². The van der Waals surface area contributed by atoms with Gasteiger partial charge in [0, 0.05) is 25.7 Å². The van der Waals surface area contributed by atoms with E-state index in [2.05, 4.69) is 5.32 Å². The van der Waals surface area contributed by atoms with E-state index < -0.39 is 28.5 Å². The molecular weight excluding hydrogens is 438 g/mol. The van der Waals surface area contributed by atoms with Crippen molar-refractivity contribution < 1.29 is 18.0 Å². The summed E-state index contributed by atoms with van der Waals surface area (Å²) in [6.45, 7) is 3.55. The third-order valence-electron chi connectivity index (χ3n) is 4.95. The van der Waals surface area contributed by atoms with Crippen molar-refractivity contribution in [3.63, 3.8) is 0 Å². The Hall–Kier alpha value is -2.42. The van der Waals surface area contributed by atoms with Crippen LogP contribution < -0.4 is 5.32 Å². The van der Waals surface area contributed by atoms with Gasteiger partial charge < -0.3 is 10.2 Å². The van der Waals surface area contributed by atoms with Crippen LogP contribution in [0, 0.1) is 6.92 Å². The van der Waals surface area contributed by atoms with Gasteiger partial charge in [-0.2, -0.15) is 4.31 Å². The van der Waals surface area contributed by atoms with Crippen LogP contribution in [-0.4, -0.2) is 56.1 Å². The first-order valence-corrected chi connectivity index (χ1v) is 11.7. The summed E-state index contributed by atoms with van der Waals surface area (Å²) in [4.78, 5) is 27.1. The summed E-state index contributed by atoms with van der Waals surface area (Å²) < 4.78 is 26.7. The van der Waals surface area contributed by atoms with Gasteiger partial charge >= 0.3 is 0 Å². The Morgan fingerprint density at radius 1 is 1.13 bits per heavy atom. The number of hydrogen-bond donors (Lipinski definition) is 1. The van der Waals surface area contributed by atoms with Crippen LogP contribution in [0.5, 0.6) is 0 Å². The third-order valence-corrected chi connectivity index (χ3v) is 7.02. The normalized spacial score (nSPS) is 12.5. The summed E-state index contributed by atoms with van der Waals surface area (Å²) in [5.74, 6) is -0.760. The van der Waals surface area contributed by atoms with Crippen LogP contribution in [-0.2, 0) is 26.2 Å². The standard InChI is InChI=1S/C22H28ClN3O4S/c1-5-20(22(28)24-3)26(14-17-8-6-7-16(2)13-17)21(27)15-25(4)31(29,30)19-11-9-18(23)10-12-19/h6-13,20H,5,14-15H2,1-4H3,(H,24,28)/t20-/m1/s1. The molecule has 0 fully saturated rings. The first kappa shape index (κ1) is 24.8. The summed E-state index contributed by atoms with van der Waals surface area (Å²) in [5, 5.41) is 3.00. The van der Waals surface area contributed by atoms with Gasteiger partial charge in [0.2, 0.25) is 21.8 Å². The Kier molecular flexibility index (Phi) is 8.61. The van der Waals surface area contributed by atoms with E-state index in [4.69, 9.17) is 11.6 Å². The fraction of sp³-hybridized carbons (Fsp3) is 0.364. The molecule has 0 spiro atoms. The predicted octanol–water partition coefficient (Wildman–Crippen LogP) is 2.82. The molecule has 0 saturated carbocycles. The lowest BCUT2D eigenvalue weighted by Crippen LogP contribution is -2.51. The Morgan fingerprint density at radius 2 is 1.77 bits per heavy atom. The average Bonchev–Trinajstić information content (AvgIpc) is 2.73. The molecule has 7 nitrogen and oxygen atoms in total. The fourth-order valence-corrected chi connectivity index (χ4v) is 4.49. The smallest absolute Gasteiger partial charge is 0.243 e. The molecule has 0 aliphatic rings. The molecule has 0 aliphatic carbocycles. The number of benzene rings is 2. The van der Waals surface area contributed by atoms with Gasteiger partial charge in [0.05, 0.1) is 11.4 Å². The van der Waals surface area contributed by atoms with E-state index in [-0.39, 0.29) is 17.3 Å². The molecule has 9 heteroatoms. The van der Waals surface area contributed by atoms with Gasteiger partial charge in [-0.3, -0.25) is 9.59 Å². The Morgan fingerprint density at radius 3 is 2.32 bits per heavy atom. The van der Waals surface area contributed by atoms with E-state index in [0.29, 0.717) is 11.4 Å². The molecule has 0 unspecified atom stereocenters. The van der Waals surface area contributed by atoms with Crippen LogP contribution in [0.25, 0.3) is 0 Å². The van der Waals surface area contributed by atoms with E-state index in [0.717, 1.165) is 15.4 Å². The molecule has 0 radical (unpaired) electrons. The number of amides is 2. The molecular formula is C22H28ClN3O4S. The molecule has 1 N–H and O–H groups in total. The van der Waals surface area contributed by atoms with Gasteiger partial charge in [-0.15, -0.1) is 0 Å². The quantitative estimate of drug-likeness (QED) is 0.617. The van der Waals surface area contributed by atoms with Crippen LogP contribution in [0.2, 0.25) is 5.02 Å². The Labute approximate surface area is 189 Å². The average molecular weight is 466 g/mol. The molecule has 1 atom stereocenters. The first-order valence-electron chi connectivity index (χ1n) is 9.88. The second kappa shape index (κ2) is 10.7. The molecule has 0 aromatic heterocycles. The van der Waals surface area contributed by atoms with Crippen LogP contribution in [0.15, 0.2) is 53.4 Å². The summed E-state index contributed by atoms with van der Waals surface area (Å²) in [5.41, 5.74) is 1.89. The summed E-state index contributed by atoms with van der Waals surface area (Å²) in [6, 6.07) is 12.7. The zero-order valence-corrected chi connectivity index (χ0v) is 19.7. The molecule has 2 rings (SSSR count). The van der Waals surface area contributed by atoms with E-state index in [1.54, 1.807) is 0 Å². The molecule has 0 aliphatic heterocycles. The monoisotopic (exact) mass is 465 g/mol. The van der Waals surface area contributed by atoms with Gasteiger partial charge in [0.25, 0.3) is 0 Å². The van der Waals surface area contributed by atoms with Crippen LogP contribution >= 0.6 is 11.6 Å². The lowest BCUT2D eigenvalue weighted by molar-refractivity contribution is -0.141. The van der Waals surface area contributed by atoms with Crippen LogP contribution in [0.3, 0.4) is 0 Å². The van der Waals surface area contributed by atoms with Crippen molar-refractivity contribution in [2.24, 2.45) is 0 Å². The number of carbonyl (C=O) groups excluding carboxylic acids is 2. The highest BCUT2D eigenvalue weighted by Gasteiger charge is 2.31. The zero-order chi connectivity index (χ0) is 23.2. The van der Waals surface area contributed by atoms with Crippen molar-refractivity contribution in [1.82, 2.24) is 14.5 Å². The van der Waals surface area contributed by atoms with E-state index in [1.807, 2.05) is 38.1 Å². The molecule has 2 aromatic carbocycles. The third kappa shape index (κ3) is 6.29. The SMILES string of the molecule is CC[C@H](C(=O)NC)N(Cc1cccc(C)c1)C(=O)CN(C)S(=O)(=O)c1ccc(Cl)cc1. The van der Waals surface area contributed by atoms with E-state index in [1.165, 1.54) is 43.3 Å². The van der Waals surface area contributed by atoms with E-state index >= 15 is 0 Å². The summed E-state index contributed by atoms with van der Waals surface area (Å²) in [6.07, 6.45) is 0.394. The fourth-order valence-electron chi connectivity index (χ4n) is 3.25. The number of hydrogen-bond acceptors (Lipinski definition) is 4. The molecule has 2 amide bonds. The van der Waals surface area contributed by atoms with Crippen molar-refractivity contribution in [3.05, 3.63) is 64.7 Å². The lowest BCUT2D eigenvalue weighted by atomic mass is 10.1. The number of nitrogens with zero attached hydrogens (tertiary/aromatic N) is 2. The minimum atomic E-state index is -3.90. The number of halogens is 1. The molecule has 31 heavy (non-hydrogen) atoms. The first-order chi connectivity index (χ1) is 14.6. The van der Waals surface area contributed by atoms with Crippen LogP contribution in [0.1, 0.15) is 24.5 Å². The highest BCUT2D eigenvalue weighted by atomic mass is 35.5. The van der Waals surface area contributed by atoms with Gasteiger partial charge in [-0.1, -0.05) is 48.4 Å². The maximum absolute atomic E-state index is 13.2. The molecule has 168 valence electrons. The van der Waals surface area contributed by atoms with Gasteiger partial charge in [-0.25, -0.2) is 8.42 Å². The molecule has 2 aromatic rings. The maximum Gasteiger partial charge on any atom is 0.243 e. The van der Waals surface area contributed by atoms with Gasteiger partial charge in [0.15, 0.2) is 0 Å². The molecule has 0 heterocycles. The largest absolute Gasteiger partial charge is 0.357 e. The van der Waals surface area contributed by atoms with Gasteiger partial charge in [-0.05, 0) is 43.2 Å². The second-order valence-electron chi connectivity index (χ2n) is 7.26. The van der Waals surface area contributed by atoms with Gasteiger partial charge in [0.1, 0.15) is 6.04 Å². The van der Waals surface area contributed by atoms with Crippen molar-refractivity contribution >= 4 is 33.4 Å². The summed E-state index contributed by atoms with van der Waals surface area (Å²) >= 11 is 5.84. The predicted molar refractivity (Wildman–Crippen MR) is 121 cm³/mol. The number of sulfonamides is 1. The van der Waals surface area contributed by atoms with Crippen molar-refractivity contribution in [3.8, 4) is 0 Å². The minimum absolute atomic E-state index is 0.0378. The van der Waals surface area contributed by atoms with Crippen LogP contribution in [0.4, 0.5) is 0 Å². The van der Waals surface area contributed by atoms with Crippen molar-refractivity contribution in [2.75, 3.05) is 20.6 Å². The molecule has 0 saturated heterocycles. The minimum Gasteiger partial charge on any atom is -0.357 e. The van der Waals surface area contributed by atoms with E-state index in [9.17, 15) is 18.0 Å². The number of nitrogens with one attached hydrogen (secondary N) is 1. The molecule has 0 bridgehead atoms. The highest BCUT2D eigenvalue weighted by Crippen LogP contribution is 2.19. The Bertz CT molecular complexity index is 1030. The Balaban J connectivity index is 2.30. The number of rotatable bonds is 9. The number of likely N-dealkylation sites (N-methyl/N-ethyl adjacent to an activating group) is 2. The number of carbonyl (C=O) groups is 2. The lowest BCUT2D eigenvalue weighted by Gasteiger charge is -2.31. The summed E-state index contributed by atoms with van der Waals surface area (Å²) in [7, 11) is -1.04. The zero-order valence-electron chi connectivity index (χ0n) is 18.1. The second-order valence-corrected chi connectivity index (χ2v) is 9.75.